The summed E-state index contributed by atoms with van der Waals surface area (Å²) in [5.41, 5.74) is 1.42. The molecule has 4 aromatic rings. The molecular weight excluding hydrogens is 585 g/mol. The highest BCUT2D eigenvalue weighted by atomic mass is 35.5. The number of phenolic OH excluding ortho intramolecular Hbond substituents is 1. The lowest BCUT2D eigenvalue weighted by molar-refractivity contribution is 0.100. The van der Waals surface area contributed by atoms with Gasteiger partial charge in [0.05, 0.1) is 10.0 Å². The van der Waals surface area contributed by atoms with E-state index in [1.54, 1.807) is 66.7 Å². The quantitative estimate of drug-likeness (QED) is 0.163. The van der Waals surface area contributed by atoms with Gasteiger partial charge in [0, 0.05) is 21.2 Å². The van der Waals surface area contributed by atoms with E-state index in [0.717, 1.165) is 0 Å². The third-order valence-corrected chi connectivity index (χ3v) is 5.93. The zero-order valence-electron chi connectivity index (χ0n) is 20.7. The highest BCUT2D eigenvalue weighted by molar-refractivity contribution is 6.58. The fourth-order valence-electron chi connectivity index (χ4n) is 2.86. The number of ether oxygens (including phenoxy) is 1. The van der Waals surface area contributed by atoms with Gasteiger partial charge in [0.2, 0.25) is 0 Å². The monoisotopic (exact) mass is 606 g/mol. The molecule has 4 rings (SSSR count). The summed E-state index contributed by atoms with van der Waals surface area (Å²) in [6.07, 6.45) is 0. The van der Waals surface area contributed by atoms with Crippen molar-refractivity contribution in [2.75, 3.05) is 0 Å². The van der Waals surface area contributed by atoms with Crippen LogP contribution in [0.25, 0.3) is 0 Å². The van der Waals surface area contributed by atoms with Crippen molar-refractivity contribution in [3.63, 3.8) is 0 Å². The summed E-state index contributed by atoms with van der Waals surface area (Å²) in [6.45, 7) is 2.94. The number of benzene rings is 4. The lowest BCUT2D eigenvalue weighted by Crippen LogP contribution is -2.30. The standard InChI is InChI=1S/C14H10Cl2O2.C8H9BO3.C6H4Cl2O/c1-9(17)10-3-2-4-12(7-10)18-14-6-5-11(15)8-13(14)16;1-6(10)7-3-2-4-8(5-7)9(11)12;7-4-1-2-6(9)5(8)3-4/h2-8H,1H3;2-5,11-12H,1H3;1-3,9H. The molecule has 202 valence electrons. The van der Waals surface area contributed by atoms with Crippen LogP contribution >= 0.6 is 46.4 Å². The second kappa shape index (κ2) is 15.5. The SMILES string of the molecule is CC(=O)c1cccc(B(O)O)c1.CC(=O)c1cccc(Oc2ccc(Cl)cc2Cl)c1.Oc1ccc(Cl)cc1Cl. The molecule has 0 aliphatic rings. The van der Waals surface area contributed by atoms with Gasteiger partial charge in [0.1, 0.15) is 17.2 Å². The summed E-state index contributed by atoms with van der Waals surface area (Å²) in [6, 6.07) is 22.7. The first kappa shape index (κ1) is 32.2. The first-order valence-corrected chi connectivity index (χ1v) is 12.7. The molecule has 0 fully saturated rings. The molecule has 39 heavy (non-hydrogen) atoms. The van der Waals surface area contributed by atoms with E-state index in [4.69, 9.17) is 66.3 Å². The maximum absolute atomic E-state index is 11.3. The van der Waals surface area contributed by atoms with Crippen LogP contribution in [0.1, 0.15) is 34.6 Å². The zero-order valence-corrected chi connectivity index (χ0v) is 23.8. The third kappa shape index (κ3) is 10.9. The molecule has 0 unspecified atom stereocenters. The van der Waals surface area contributed by atoms with Crippen LogP contribution in [-0.2, 0) is 0 Å². The molecule has 0 saturated heterocycles. The topological polar surface area (TPSA) is 104 Å². The molecule has 4 aromatic carbocycles. The fourth-order valence-corrected chi connectivity index (χ4v) is 3.72. The van der Waals surface area contributed by atoms with Crippen molar-refractivity contribution >= 4 is 70.6 Å². The van der Waals surface area contributed by atoms with Crippen molar-refractivity contribution in [3.8, 4) is 17.2 Å². The minimum absolute atomic E-state index is 0.0114. The summed E-state index contributed by atoms with van der Waals surface area (Å²) in [4.78, 5) is 22.1. The van der Waals surface area contributed by atoms with E-state index in [1.807, 2.05) is 0 Å². The summed E-state index contributed by atoms with van der Waals surface area (Å²) in [5.74, 6) is 1.02. The Balaban J connectivity index is 0.000000220. The Kier molecular flexibility index (Phi) is 12.8. The number of hydrogen-bond donors (Lipinski definition) is 3. The van der Waals surface area contributed by atoms with Crippen LogP contribution < -0.4 is 10.2 Å². The number of ketones is 2. The van der Waals surface area contributed by atoms with Crippen molar-refractivity contribution in [3.05, 3.63) is 116 Å². The number of halogens is 4. The third-order valence-electron chi connectivity index (χ3n) is 4.86. The molecule has 0 bridgehead atoms. The van der Waals surface area contributed by atoms with Gasteiger partial charge in [-0.15, -0.1) is 0 Å². The van der Waals surface area contributed by atoms with Crippen LogP contribution in [-0.4, -0.2) is 33.8 Å². The molecule has 0 radical (unpaired) electrons. The lowest BCUT2D eigenvalue weighted by atomic mass is 9.79. The smallest absolute Gasteiger partial charge is 0.488 e. The maximum Gasteiger partial charge on any atom is 0.488 e. The number of carbonyl (C=O) groups excluding carboxylic acids is 2. The average Bonchev–Trinajstić information content (AvgIpc) is 2.89. The van der Waals surface area contributed by atoms with Gasteiger partial charge in [-0.05, 0) is 67.8 Å². The van der Waals surface area contributed by atoms with Gasteiger partial charge in [0.25, 0.3) is 0 Å². The van der Waals surface area contributed by atoms with Gasteiger partial charge in [0.15, 0.2) is 11.6 Å². The number of aromatic hydroxyl groups is 1. The van der Waals surface area contributed by atoms with Gasteiger partial charge < -0.3 is 19.9 Å². The molecule has 0 aromatic heterocycles. The molecule has 0 atom stereocenters. The molecule has 0 heterocycles. The molecule has 3 N–H and O–H groups in total. The Labute approximate surface area is 246 Å². The lowest BCUT2D eigenvalue weighted by Gasteiger charge is -2.08. The predicted molar refractivity (Wildman–Crippen MR) is 157 cm³/mol. The van der Waals surface area contributed by atoms with E-state index in [1.165, 1.54) is 32.0 Å². The molecule has 6 nitrogen and oxygen atoms in total. The highest BCUT2D eigenvalue weighted by Crippen LogP contribution is 2.31. The van der Waals surface area contributed by atoms with Crippen molar-refractivity contribution in [1.82, 2.24) is 0 Å². The van der Waals surface area contributed by atoms with Crippen molar-refractivity contribution in [1.29, 1.82) is 0 Å². The van der Waals surface area contributed by atoms with E-state index < -0.39 is 7.12 Å². The number of Topliss-reactive ketones (excluding diaryl/α,β-unsaturated/α-hetero) is 2. The highest BCUT2D eigenvalue weighted by Gasteiger charge is 2.11. The van der Waals surface area contributed by atoms with Gasteiger partial charge in [-0.25, -0.2) is 0 Å². The molecule has 0 spiro atoms. The Morgan fingerprint density at radius 2 is 1.23 bits per heavy atom. The fraction of sp³-hybridized carbons (Fsp3) is 0.0714. The Morgan fingerprint density at radius 1 is 0.692 bits per heavy atom. The molecule has 11 heteroatoms. The second-order valence-corrected chi connectivity index (χ2v) is 9.60. The van der Waals surface area contributed by atoms with Gasteiger partial charge >= 0.3 is 7.12 Å². The van der Waals surface area contributed by atoms with Crippen molar-refractivity contribution < 1.29 is 29.5 Å². The average molecular weight is 608 g/mol. The van der Waals surface area contributed by atoms with Crippen LogP contribution in [0.5, 0.6) is 17.2 Å². The van der Waals surface area contributed by atoms with Gasteiger partial charge in [-0.3, -0.25) is 9.59 Å². The molecule has 0 aliphatic heterocycles. The normalized spacial score (nSPS) is 9.85. The number of carbonyl (C=O) groups is 2. The van der Waals surface area contributed by atoms with Crippen LogP contribution in [0.3, 0.4) is 0 Å². The number of hydrogen-bond acceptors (Lipinski definition) is 6. The zero-order chi connectivity index (χ0) is 29.1. The van der Waals surface area contributed by atoms with E-state index in [-0.39, 0.29) is 22.3 Å². The molecule has 0 aliphatic carbocycles. The van der Waals surface area contributed by atoms with Crippen LogP contribution in [0.15, 0.2) is 84.9 Å². The van der Waals surface area contributed by atoms with Gasteiger partial charge in [-0.2, -0.15) is 0 Å². The summed E-state index contributed by atoms with van der Waals surface area (Å²) in [5, 5.41) is 28.2. The molecule has 0 amide bonds. The minimum Gasteiger partial charge on any atom is -0.506 e. The van der Waals surface area contributed by atoms with E-state index >= 15 is 0 Å². The molecular formula is C28H23BCl4O6. The van der Waals surface area contributed by atoms with E-state index in [2.05, 4.69) is 0 Å². The van der Waals surface area contributed by atoms with Crippen LogP contribution in [0.4, 0.5) is 0 Å². The Bertz CT molecular complexity index is 1450. The van der Waals surface area contributed by atoms with Crippen molar-refractivity contribution in [2.45, 2.75) is 13.8 Å². The largest absolute Gasteiger partial charge is 0.506 e. The molecule has 0 saturated carbocycles. The Hall–Kier alpha value is -3.04. The first-order chi connectivity index (χ1) is 18.4. The minimum atomic E-state index is -1.51. The summed E-state index contributed by atoms with van der Waals surface area (Å²) >= 11 is 22.8. The summed E-state index contributed by atoms with van der Waals surface area (Å²) < 4.78 is 5.61. The number of phenols is 1. The van der Waals surface area contributed by atoms with Crippen LogP contribution in [0, 0.1) is 0 Å². The van der Waals surface area contributed by atoms with E-state index in [9.17, 15) is 9.59 Å². The predicted octanol–water partition coefficient (Wildman–Crippen LogP) is 7.26. The maximum atomic E-state index is 11.3. The summed E-state index contributed by atoms with van der Waals surface area (Å²) in [7, 11) is -1.51. The van der Waals surface area contributed by atoms with Crippen molar-refractivity contribution in [2.24, 2.45) is 0 Å². The first-order valence-electron chi connectivity index (χ1n) is 11.2. The second-order valence-electron chi connectivity index (χ2n) is 7.91. The Morgan fingerprint density at radius 3 is 1.74 bits per heavy atom. The van der Waals surface area contributed by atoms with Crippen LogP contribution in [0.2, 0.25) is 20.1 Å². The van der Waals surface area contributed by atoms with Gasteiger partial charge in [-0.1, -0.05) is 82.8 Å². The number of rotatable bonds is 5. The van der Waals surface area contributed by atoms with E-state index in [0.29, 0.717) is 43.2 Å².